The molecule has 0 aliphatic carbocycles. The molecule has 0 amide bonds. The maximum Gasteiger partial charge on any atom is 0.134 e. The standard InChI is InChI=1S/C13H22N4O/c1-3-12-15-11(14)7-13(16-12)17-6-4-5-10(8-17)9-18-2/h7,10H,3-6,8-9H2,1-2H3,(H2,14,15,16). The molecule has 0 bridgehead atoms. The Bertz CT molecular complexity index is 395. The molecule has 18 heavy (non-hydrogen) atoms. The molecule has 1 aliphatic rings. The third kappa shape index (κ3) is 3.10. The Balaban J connectivity index is 2.12. The summed E-state index contributed by atoms with van der Waals surface area (Å²) in [6, 6.07) is 1.87. The molecule has 0 saturated carbocycles. The van der Waals surface area contributed by atoms with Crippen molar-refractivity contribution in [2.45, 2.75) is 26.2 Å². The average molecular weight is 250 g/mol. The van der Waals surface area contributed by atoms with Crippen LogP contribution in [0.3, 0.4) is 0 Å². The highest BCUT2D eigenvalue weighted by Gasteiger charge is 2.21. The Morgan fingerprint density at radius 2 is 2.33 bits per heavy atom. The summed E-state index contributed by atoms with van der Waals surface area (Å²) >= 11 is 0. The summed E-state index contributed by atoms with van der Waals surface area (Å²) in [4.78, 5) is 11.1. The van der Waals surface area contributed by atoms with Crippen LogP contribution in [0, 0.1) is 5.92 Å². The maximum absolute atomic E-state index is 5.83. The second kappa shape index (κ2) is 6.00. The van der Waals surface area contributed by atoms with Crippen molar-refractivity contribution < 1.29 is 4.74 Å². The largest absolute Gasteiger partial charge is 0.384 e. The normalized spacial score (nSPS) is 20.1. The first-order valence-corrected chi connectivity index (χ1v) is 6.60. The van der Waals surface area contributed by atoms with Gasteiger partial charge in [0, 0.05) is 32.7 Å². The van der Waals surface area contributed by atoms with Gasteiger partial charge in [-0.2, -0.15) is 0 Å². The molecule has 1 aromatic rings. The Morgan fingerprint density at radius 1 is 1.50 bits per heavy atom. The Morgan fingerprint density at radius 3 is 3.06 bits per heavy atom. The van der Waals surface area contributed by atoms with Crippen LogP contribution in [0.4, 0.5) is 11.6 Å². The first-order chi connectivity index (χ1) is 8.72. The molecule has 5 heteroatoms. The number of rotatable bonds is 4. The van der Waals surface area contributed by atoms with Gasteiger partial charge in [-0.05, 0) is 18.8 Å². The van der Waals surface area contributed by atoms with Crippen LogP contribution < -0.4 is 10.6 Å². The summed E-state index contributed by atoms with van der Waals surface area (Å²) in [5.74, 6) is 2.93. The van der Waals surface area contributed by atoms with Gasteiger partial charge in [0.1, 0.15) is 17.5 Å². The van der Waals surface area contributed by atoms with Gasteiger partial charge in [0.2, 0.25) is 0 Å². The first-order valence-electron chi connectivity index (χ1n) is 6.60. The van der Waals surface area contributed by atoms with E-state index in [1.807, 2.05) is 13.0 Å². The topological polar surface area (TPSA) is 64.3 Å². The molecular weight excluding hydrogens is 228 g/mol. The summed E-state index contributed by atoms with van der Waals surface area (Å²) in [5, 5.41) is 0. The molecule has 2 heterocycles. The number of hydrogen-bond acceptors (Lipinski definition) is 5. The van der Waals surface area contributed by atoms with Crippen molar-refractivity contribution in [3.63, 3.8) is 0 Å². The van der Waals surface area contributed by atoms with Crippen LogP contribution in [0.15, 0.2) is 6.07 Å². The third-order valence-corrected chi connectivity index (χ3v) is 3.34. The van der Waals surface area contributed by atoms with Gasteiger partial charge in [-0.15, -0.1) is 0 Å². The lowest BCUT2D eigenvalue weighted by atomic mass is 9.99. The van der Waals surface area contributed by atoms with E-state index < -0.39 is 0 Å². The Kier molecular flexibility index (Phi) is 4.36. The summed E-state index contributed by atoms with van der Waals surface area (Å²) in [6.07, 6.45) is 3.22. The molecule has 1 saturated heterocycles. The van der Waals surface area contributed by atoms with Crippen molar-refractivity contribution in [1.29, 1.82) is 0 Å². The van der Waals surface area contributed by atoms with Gasteiger partial charge in [0.15, 0.2) is 0 Å². The lowest BCUT2D eigenvalue weighted by Gasteiger charge is -2.33. The predicted molar refractivity (Wildman–Crippen MR) is 72.6 cm³/mol. The van der Waals surface area contributed by atoms with Crippen molar-refractivity contribution in [2.24, 2.45) is 5.92 Å². The highest BCUT2D eigenvalue weighted by atomic mass is 16.5. The predicted octanol–water partition coefficient (Wildman–Crippen LogP) is 1.48. The van der Waals surface area contributed by atoms with Gasteiger partial charge in [0.05, 0.1) is 6.61 Å². The average Bonchev–Trinajstić information content (AvgIpc) is 2.39. The van der Waals surface area contributed by atoms with Crippen molar-refractivity contribution >= 4 is 11.6 Å². The van der Waals surface area contributed by atoms with Crippen molar-refractivity contribution in [3.05, 3.63) is 11.9 Å². The van der Waals surface area contributed by atoms with Gasteiger partial charge in [-0.1, -0.05) is 6.92 Å². The molecule has 0 aromatic carbocycles. The van der Waals surface area contributed by atoms with Crippen LogP contribution >= 0.6 is 0 Å². The molecule has 2 rings (SSSR count). The number of hydrogen-bond donors (Lipinski definition) is 1. The van der Waals surface area contributed by atoms with Gasteiger partial charge < -0.3 is 15.4 Å². The monoisotopic (exact) mass is 250 g/mol. The minimum atomic E-state index is 0.561. The number of piperidine rings is 1. The quantitative estimate of drug-likeness (QED) is 0.877. The molecule has 5 nitrogen and oxygen atoms in total. The van der Waals surface area contributed by atoms with E-state index in [1.54, 1.807) is 7.11 Å². The Labute approximate surface area is 108 Å². The molecule has 1 fully saturated rings. The summed E-state index contributed by atoms with van der Waals surface area (Å²) < 4.78 is 5.25. The van der Waals surface area contributed by atoms with E-state index in [4.69, 9.17) is 10.5 Å². The molecular formula is C13H22N4O. The van der Waals surface area contributed by atoms with Crippen molar-refractivity contribution in [2.75, 3.05) is 37.4 Å². The number of aryl methyl sites for hydroxylation is 1. The number of ether oxygens (including phenoxy) is 1. The van der Waals surface area contributed by atoms with Crippen LogP contribution in [0.25, 0.3) is 0 Å². The highest BCUT2D eigenvalue weighted by molar-refractivity contribution is 5.47. The SMILES string of the molecule is CCc1nc(N)cc(N2CCCC(COC)C2)n1. The van der Waals surface area contributed by atoms with E-state index in [0.717, 1.165) is 37.8 Å². The van der Waals surface area contributed by atoms with E-state index >= 15 is 0 Å². The van der Waals surface area contributed by atoms with E-state index in [0.29, 0.717) is 11.7 Å². The zero-order valence-electron chi connectivity index (χ0n) is 11.2. The molecule has 100 valence electrons. The van der Waals surface area contributed by atoms with Gasteiger partial charge in [0.25, 0.3) is 0 Å². The third-order valence-electron chi connectivity index (χ3n) is 3.34. The second-order valence-electron chi connectivity index (χ2n) is 4.83. The van der Waals surface area contributed by atoms with Gasteiger partial charge >= 0.3 is 0 Å². The van der Waals surface area contributed by atoms with Crippen molar-refractivity contribution in [3.8, 4) is 0 Å². The molecule has 1 unspecified atom stereocenters. The fourth-order valence-corrected chi connectivity index (χ4v) is 2.47. The fourth-order valence-electron chi connectivity index (χ4n) is 2.47. The van der Waals surface area contributed by atoms with E-state index in [9.17, 15) is 0 Å². The zero-order chi connectivity index (χ0) is 13.0. The number of nitrogens with two attached hydrogens (primary N) is 1. The minimum absolute atomic E-state index is 0.561. The summed E-state index contributed by atoms with van der Waals surface area (Å²) in [6.45, 7) is 4.90. The van der Waals surface area contributed by atoms with Crippen LogP contribution in [0.1, 0.15) is 25.6 Å². The smallest absolute Gasteiger partial charge is 0.134 e. The lowest BCUT2D eigenvalue weighted by Crippen LogP contribution is -2.37. The van der Waals surface area contributed by atoms with E-state index in [1.165, 1.54) is 12.8 Å². The molecule has 1 aliphatic heterocycles. The van der Waals surface area contributed by atoms with Crippen LogP contribution in [0.5, 0.6) is 0 Å². The summed E-state index contributed by atoms with van der Waals surface area (Å²) in [7, 11) is 1.76. The maximum atomic E-state index is 5.83. The number of nitrogens with zero attached hydrogens (tertiary/aromatic N) is 3. The number of nitrogen functional groups attached to an aromatic ring is 1. The van der Waals surface area contributed by atoms with Crippen molar-refractivity contribution in [1.82, 2.24) is 9.97 Å². The zero-order valence-corrected chi connectivity index (χ0v) is 11.2. The molecule has 0 radical (unpaired) electrons. The lowest BCUT2D eigenvalue weighted by molar-refractivity contribution is 0.143. The number of anilines is 2. The summed E-state index contributed by atoms with van der Waals surface area (Å²) in [5.41, 5.74) is 5.83. The molecule has 0 spiro atoms. The Hall–Kier alpha value is -1.36. The van der Waals surface area contributed by atoms with Gasteiger partial charge in [-0.3, -0.25) is 0 Å². The fraction of sp³-hybridized carbons (Fsp3) is 0.692. The minimum Gasteiger partial charge on any atom is -0.384 e. The number of aromatic nitrogens is 2. The molecule has 1 aromatic heterocycles. The second-order valence-corrected chi connectivity index (χ2v) is 4.83. The highest BCUT2D eigenvalue weighted by Crippen LogP contribution is 2.23. The molecule has 2 N–H and O–H groups in total. The van der Waals surface area contributed by atoms with E-state index in [2.05, 4.69) is 14.9 Å². The first kappa shape index (κ1) is 13.1. The molecule has 1 atom stereocenters. The van der Waals surface area contributed by atoms with Crippen LogP contribution in [-0.2, 0) is 11.2 Å². The van der Waals surface area contributed by atoms with E-state index in [-0.39, 0.29) is 0 Å². The van der Waals surface area contributed by atoms with Crippen LogP contribution in [-0.4, -0.2) is 36.8 Å². The van der Waals surface area contributed by atoms with Crippen LogP contribution in [0.2, 0.25) is 0 Å². The number of methoxy groups -OCH3 is 1. The van der Waals surface area contributed by atoms with Gasteiger partial charge in [-0.25, -0.2) is 9.97 Å².